The van der Waals surface area contributed by atoms with Gasteiger partial charge in [0.1, 0.15) is 0 Å². The number of rotatable bonds is 1. The molecule has 14 heavy (non-hydrogen) atoms. The van der Waals surface area contributed by atoms with E-state index >= 15 is 0 Å². The van der Waals surface area contributed by atoms with Crippen LogP contribution in [0, 0.1) is 0 Å². The Kier molecular flexibility index (Phi) is 2.42. The van der Waals surface area contributed by atoms with E-state index in [0.717, 1.165) is 15.9 Å². The first kappa shape index (κ1) is 9.47. The second-order valence-corrected chi connectivity index (χ2v) is 4.14. The molecule has 0 aliphatic rings. The zero-order valence-electron chi connectivity index (χ0n) is 8.29. The zero-order chi connectivity index (χ0) is 10.1. The maximum Gasteiger partial charge on any atom is 0.0717 e. The molecule has 0 aliphatic carbocycles. The summed E-state index contributed by atoms with van der Waals surface area (Å²) < 4.78 is 0. The van der Waals surface area contributed by atoms with Crippen molar-refractivity contribution >= 4 is 22.5 Å². The molecule has 0 radical (unpaired) electrons. The molecule has 1 aromatic carbocycles. The molecule has 1 aromatic heterocycles. The van der Waals surface area contributed by atoms with Crippen molar-refractivity contribution in [3.8, 4) is 0 Å². The Morgan fingerprint density at radius 1 is 1.29 bits per heavy atom. The Morgan fingerprint density at radius 2 is 2.07 bits per heavy atom. The second kappa shape index (κ2) is 3.58. The summed E-state index contributed by atoms with van der Waals surface area (Å²) in [6.07, 6.45) is 1.92. The molecule has 0 atom stereocenters. The van der Waals surface area contributed by atoms with E-state index in [2.05, 4.69) is 24.9 Å². The molecule has 1 heterocycles. The van der Waals surface area contributed by atoms with Gasteiger partial charge in [0.15, 0.2) is 0 Å². The highest BCUT2D eigenvalue weighted by Gasteiger charge is 2.03. The molecule has 0 bridgehead atoms. The van der Waals surface area contributed by atoms with Gasteiger partial charge in [-0.3, -0.25) is 4.98 Å². The average molecular weight is 206 g/mol. The third-order valence-electron chi connectivity index (χ3n) is 2.36. The second-order valence-electron chi connectivity index (χ2n) is 3.73. The van der Waals surface area contributed by atoms with E-state index < -0.39 is 0 Å². The van der Waals surface area contributed by atoms with Crippen LogP contribution in [0.15, 0.2) is 30.5 Å². The average Bonchev–Trinajstić information content (AvgIpc) is 2.18. The van der Waals surface area contributed by atoms with Crippen molar-refractivity contribution in [1.29, 1.82) is 0 Å². The lowest BCUT2D eigenvalue weighted by molar-refractivity contribution is 0.862. The Morgan fingerprint density at radius 3 is 2.79 bits per heavy atom. The number of fused-ring (bicyclic) bond motifs is 1. The minimum atomic E-state index is 0.489. The van der Waals surface area contributed by atoms with Crippen LogP contribution < -0.4 is 0 Å². The molecular weight excluding hydrogens is 194 g/mol. The van der Waals surface area contributed by atoms with Crippen LogP contribution >= 0.6 is 11.6 Å². The normalized spacial score (nSPS) is 11.1. The van der Waals surface area contributed by atoms with Crippen molar-refractivity contribution in [2.45, 2.75) is 19.8 Å². The highest BCUT2D eigenvalue weighted by molar-refractivity contribution is 6.35. The Hall–Kier alpha value is -1.08. The van der Waals surface area contributed by atoms with Crippen LogP contribution in [0.3, 0.4) is 0 Å². The molecule has 72 valence electrons. The summed E-state index contributed by atoms with van der Waals surface area (Å²) in [4.78, 5) is 4.38. The smallest absolute Gasteiger partial charge is 0.0717 e. The molecule has 2 heteroatoms. The van der Waals surface area contributed by atoms with E-state index in [4.69, 9.17) is 11.6 Å². The highest BCUT2D eigenvalue weighted by Crippen LogP contribution is 2.25. The van der Waals surface area contributed by atoms with Gasteiger partial charge in [-0.1, -0.05) is 31.5 Å². The monoisotopic (exact) mass is 205 g/mol. The first-order valence-corrected chi connectivity index (χ1v) is 5.10. The number of nitrogens with zero attached hydrogens (tertiary/aromatic N) is 1. The molecule has 0 N–H and O–H groups in total. The van der Waals surface area contributed by atoms with Crippen LogP contribution in [-0.4, -0.2) is 4.98 Å². The molecule has 0 saturated heterocycles. The number of aromatic nitrogens is 1. The summed E-state index contributed by atoms with van der Waals surface area (Å²) in [5, 5.41) is 1.82. The molecular formula is C12H12ClN. The van der Waals surface area contributed by atoms with Crippen LogP contribution in [0.2, 0.25) is 5.02 Å². The van der Waals surface area contributed by atoms with Gasteiger partial charge in [0.05, 0.1) is 5.52 Å². The Bertz CT molecular complexity index is 463. The van der Waals surface area contributed by atoms with Crippen molar-refractivity contribution < 1.29 is 0 Å². The molecule has 0 spiro atoms. The van der Waals surface area contributed by atoms with Crippen molar-refractivity contribution in [2.75, 3.05) is 0 Å². The van der Waals surface area contributed by atoms with Gasteiger partial charge in [-0.05, 0) is 29.7 Å². The predicted octanol–water partition coefficient (Wildman–Crippen LogP) is 4.01. The number of halogens is 1. The summed E-state index contributed by atoms with van der Waals surface area (Å²) in [7, 11) is 0. The largest absolute Gasteiger partial charge is 0.256 e. The standard InChI is InChI=1S/C12H12ClN/c1-8(2)9-6-10-11(13)4-3-5-12(10)14-7-9/h3-8H,1-2H3. The maximum atomic E-state index is 6.09. The third kappa shape index (κ3) is 1.60. The summed E-state index contributed by atoms with van der Waals surface area (Å²) in [6, 6.07) is 7.92. The van der Waals surface area contributed by atoms with E-state index in [9.17, 15) is 0 Å². The van der Waals surface area contributed by atoms with E-state index in [-0.39, 0.29) is 0 Å². The van der Waals surface area contributed by atoms with Gasteiger partial charge < -0.3 is 0 Å². The lowest BCUT2D eigenvalue weighted by Crippen LogP contribution is -1.89. The lowest BCUT2D eigenvalue weighted by atomic mass is 10.0. The molecule has 0 aliphatic heterocycles. The number of hydrogen-bond acceptors (Lipinski definition) is 1. The minimum absolute atomic E-state index is 0.489. The van der Waals surface area contributed by atoms with Gasteiger partial charge in [-0.2, -0.15) is 0 Å². The fourth-order valence-corrected chi connectivity index (χ4v) is 1.67. The van der Waals surface area contributed by atoms with Gasteiger partial charge in [0.25, 0.3) is 0 Å². The topological polar surface area (TPSA) is 12.9 Å². The molecule has 0 unspecified atom stereocenters. The van der Waals surface area contributed by atoms with Gasteiger partial charge >= 0.3 is 0 Å². The van der Waals surface area contributed by atoms with E-state index in [1.807, 2.05) is 24.4 Å². The summed E-state index contributed by atoms with van der Waals surface area (Å²) in [6.45, 7) is 4.30. The van der Waals surface area contributed by atoms with Crippen molar-refractivity contribution in [2.24, 2.45) is 0 Å². The van der Waals surface area contributed by atoms with Crippen molar-refractivity contribution in [3.05, 3.63) is 41.0 Å². The van der Waals surface area contributed by atoms with Crippen LogP contribution in [0.4, 0.5) is 0 Å². The summed E-state index contributed by atoms with van der Waals surface area (Å²) >= 11 is 6.09. The summed E-state index contributed by atoms with van der Waals surface area (Å²) in [5.41, 5.74) is 2.19. The first-order valence-electron chi connectivity index (χ1n) is 4.72. The number of pyridine rings is 1. The molecule has 2 aromatic rings. The molecule has 0 amide bonds. The molecule has 1 nitrogen and oxygen atoms in total. The third-order valence-corrected chi connectivity index (χ3v) is 2.69. The van der Waals surface area contributed by atoms with Gasteiger partial charge in [0.2, 0.25) is 0 Å². The van der Waals surface area contributed by atoms with Crippen molar-refractivity contribution in [3.63, 3.8) is 0 Å². The van der Waals surface area contributed by atoms with Crippen molar-refractivity contribution in [1.82, 2.24) is 4.98 Å². The SMILES string of the molecule is CC(C)c1cnc2cccc(Cl)c2c1. The van der Waals surface area contributed by atoms with Crippen LogP contribution in [-0.2, 0) is 0 Å². The van der Waals surface area contributed by atoms with E-state index in [0.29, 0.717) is 5.92 Å². The van der Waals surface area contributed by atoms with Crippen LogP contribution in [0.5, 0.6) is 0 Å². The number of hydrogen-bond donors (Lipinski definition) is 0. The molecule has 2 rings (SSSR count). The van der Waals surface area contributed by atoms with Gasteiger partial charge in [-0.15, -0.1) is 0 Å². The van der Waals surface area contributed by atoms with E-state index in [1.54, 1.807) is 0 Å². The van der Waals surface area contributed by atoms with E-state index in [1.165, 1.54) is 5.56 Å². The quantitative estimate of drug-likeness (QED) is 0.686. The predicted molar refractivity (Wildman–Crippen MR) is 60.8 cm³/mol. The molecule has 0 saturated carbocycles. The lowest BCUT2D eigenvalue weighted by Gasteiger charge is -2.06. The van der Waals surface area contributed by atoms with Crippen LogP contribution in [0.1, 0.15) is 25.3 Å². The zero-order valence-corrected chi connectivity index (χ0v) is 9.05. The Labute approximate surface area is 88.7 Å². The fraction of sp³-hybridized carbons (Fsp3) is 0.250. The van der Waals surface area contributed by atoms with Gasteiger partial charge in [-0.25, -0.2) is 0 Å². The Balaban J connectivity index is 2.70. The maximum absolute atomic E-state index is 6.09. The minimum Gasteiger partial charge on any atom is -0.256 e. The van der Waals surface area contributed by atoms with Crippen LogP contribution in [0.25, 0.3) is 10.9 Å². The van der Waals surface area contributed by atoms with Gasteiger partial charge in [0, 0.05) is 16.6 Å². The highest BCUT2D eigenvalue weighted by atomic mass is 35.5. The first-order chi connectivity index (χ1) is 6.68. The fourth-order valence-electron chi connectivity index (χ4n) is 1.44. The number of benzene rings is 1. The molecule has 0 fully saturated rings. The summed E-state index contributed by atoms with van der Waals surface area (Å²) in [5.74, 6) is 0.489.